The molecule has 0 aromatic rings. The molecule has 1 nitrogen and oxygen atoms in total. The fraction of sp³-hybridized carbons (Fsp3) is 1.00. The Morgan fingerprint density at radius 3 is 2.41 bits per heavy atom. The molecule has 0 aliphatic heterocycles. The van der Waals surface area contributed by atoms with Gasteiger partial charge in [0.15, 0.2) is 0 Å². The quantitative estimate of drug-likeness (QED) is 0.722. The molecular weight excluding hydrogens is 273 g/mol. The second kappa shape index (κ2) is 8.13. The van der Waals surface area contributed by atoms with E-state index < -0.39 is 6.17 Å². The van der Waals surface area contributed by atoms with E-state index in [9.17, 15) is 4.39 Å². The van der Waals surface area contributed by atoms with Crippen LogP contribution in [0, 0.1) is 29.6 Å². The van der Waals surface area contributed by atoms with Gasteiger partial charge >= 0.3 is 0 Å². The number of halogens is 1. The molecule has 0 aromatic carbocycles. The molecule has 0 aromatic heterocycles. The zero-order valence-corrected chi connectivity index (χ0v) is 14.5. The number of hydrogen-bond acceptors (Lipinski definition) is 1. The third-order valence-corrected chi connectivity index (χ3v) is 7.14. The van der Waals surface area contributed by atoms with E-state index in [0.29, 0.717) is 11.8 Å². The summed E-state index contributed by atoms with van der Waals surface area (Å²) >= 11 is 0. The van der Waals surface area contributed by atoms with Gasteiger partial charge in [0.1, 0.15) is 6.17 Å². The first-order valence-corrected chi connectivity index (χ1v) is 10.1. The van der Waals surface area contributed by atoms with Crippen LogP contribution in [0.2, 0.25) is 0 Å². The smallest absolute Gasteiger partial charge is 0.103 e. The highest BCUT2D eigenvalue weighted by Crippen LogP contribution is 2.46. The lowest BCUT2D eigenvalue weighted by Gasteiger charge is -2.43. The van der Waals surface area contributed by atoms with Gasteiger partial charge in [-0.05, 0) is 81.7 Å². The first-order chi connectivity index (χ1) is 10.8. The normalized spacial score (nSPS) is 40.9. The average molecular weight is 310 g/mol. The minimum Gasteiger partial charge on any atom is -0.319 e. The van der Waals surface area contributed by atoms with E-state index >= 15 is 0 Å². The van der Waals surface area contributed by atoms with Crippen LogP contribution in [0.15, 0.2) is 0 Å². The van der Waals surface area contributed by atoms with Crippen molar-refractivity contribution in [2.45, 2.75) is 83.2 Å². The lowest BCUT2D eigenvalue weighted by Crippen LogP contribution is -2.36. The Labute approximate surface area is 136 Å². The van der Waals surface area contributed by atoms with E-state index in [2.05, 4.69) is 12.4 Å². The molecule has 3 aliphatic carbocycles. The maximum absolute atomic E-state index is 14.3. The maximum atomic E-state index is 14.3. The number of nitrogens with one attached hydrogen (secondary N) is 1. The van der Waals surface area contributed by atoms with Gasteiger partial charge in [-0.15, -0.1) is 0 Å². The van der Waals surface area contributed by atoms with Gasteiger partial charge in [-0.25, -0.2) is 4.39 Å². The largest absolute Gasteiger partial charge is 0.319 e. The Morgan fingerprint density at radius 1 is 0.909 bits per heavy atom. The van der Waals surface area contributed by atoms with Gasteiger partial charge in [-0.2, -0.15) is 0 Å². The SMILES string of the molecule is CNC[C@H](CC1CCCCC1F)C1CCC2CCCCC2C1. The Bertz CT molecular complexity index is 332. The standard InChI is InChI=1S/C20H36FN/c1-22-14-19(13-18-8-4-5-9-20(18)21)17-11-10-15-6-2-3-7-16(15)12-17/h15-20,22H,2-14H2,1H3/t15?,16?,17?,18?,19-,20?/m0/s1. The van der Waals surface area contributed by atoms with Gasteiger partial charge in [0, 0.05) is 0 Å². The van der Waals surface area contributed by atoms with Crippen molar-refractivity contribution in [1.29, 1.82) is 0 Å². The first-order valence-electron chi connectivity index (χ1n) is 10.1. The van der Waals surface area contributed by atoms with E-state index in [1.54, 1.807) is 0 Å². The van der Waals surface area contributed by atoms with Crippen LogP contribution in [-0.4, -0.2) is 19.8 Å². The number of hydrogen-bond donors (Lipinski definition) is 1. The molecule has 0 spiro atoms. The summed E-state index contributed by atoms with van der Waals surface area (Å²) in [6.45, 7) is 1.10. The van der Waals surface area contributed by atoms with Crippen molar-refractivity contribution in [3.05, 3.63) is 0 Å². The summed E-state index contributed by atoms with van der Waals surface area (Å²) in [6.07, 6.45) is 15.2. The summed E-state index contributed by atoms with van der Waals surface area (Å²) in [4.78, 5) is 0. The van der Waals surface area contributed by atoms with Gasteiger partial charge in [0.25, 0.3) is 0 Å². The van der Waals surface area contributed by atoms with Crippen LogP contribution in [0.3, 0.4) is 0 Å². The fourth-order valence-electron chi connectivity index (χ4n) is 5.86. The lowest BCUT2D eigenvalue weighted by molar-refractivity contribution is 0.0717. The Morgan fingerprint density at radius 2 is 1.64 bits per heavy atom. The molecule has 3 fully saturated rings. The molecule has 6 atom stereocenters. The van der Waals surface area contributed by atoms with Crippen molar-refractivity contribution in [2.24, 2.45) is 29.6 Å². The molecule has 0 bridgehead atoms. The van der Waals surface area contributed by atoms with Gasteiger partial charge < -0.3 is 5.32 Å². The second-order valence-corrected chi connectivity index (χ2v) is 8.49. The molecule has 3 rings (SSSR count). The van der Waals surface area contributed by atoms with Gasteiger partial charge in [-0.3, -0.25) is 0 Å². The van der Waals surface area contributed by atoms with E-state index in [1.807, 2.05) is 0 Å². The van der Waals surface area contributed by atoms with Crippen LogP contribution in [0.25, 0.3) is 0 Å². The maximum Gasteiger partial charge on any atom is 0.103 e. The molecule has 1 N–H and O–H groups in total. The van der Waals surface area contributed by atoms with Crippen molar-refractivity contribution in [2.75, 3.05) is 13.6 Å². The predicted molar refractivity (Wildman–Crippen MR) is 91.7 cm³/mol. The van der Waals surface area contributed by atoms with E-state index in [0.717, 1.165) is 50.0 Å². The predicted octanol–water partition coefficient (Wildman–Crippen LogP) is 5.35. The van der Waals surface area contributed by atoms with Gasteiger partial charge in [0.05, 0.1) is 0 Å². The molecule has 128 valence electrons. The van der Waals surface area contributed by atoms with Crippen molar-refractivity contribution >= 4 is 0 Å². The lowest BCUT2D eigenvalue weighted by atomic mass is 9.63. The highest BCUT2D eigenvalue weighted by molar-refractivity contribution is 4.88. The van der Waals surface area contributed by atoms with E-state index in [1.165, 1.54) is 51.4 Å². The molecular formula is C20H36FN. The summed E-state index contributed by atoms with van der Waals surface area (Å²) in [7, 11) is 2.08. The van der Waals surface area contributed by atoms with E-state index in [4.69, 9.17) is 0 Å². The number of alkyl halides is 1. The second-order valence-electron chi connectivity index (χ2n) is 8.49. The highest BCUT2D eigenvalue weighted by Gasteiger charge is 2.37. The highest BCUT2D eigenvalue weighted by atomic mass is 19.1. The fourth-order valence-corrected chi connectivity index (χ4v) is 5.86. The Kier molecular flexibility index (Phi) is 6.18. The van der Waals surface area contributed by atoms with Crippen LogP contribution in [0.1, 0.15) is 77.0 Å². The molecule has 0 amide bonds. The van der Waals surface area contributed by atoms with Crippen LogP contribution in [-0.2, 0) is 0 Å². The zero-order valence-electron chi connectivity index (χ0n) is 14.5. The third kappa shape index (κ3) is 4.04. The molecule has 0 heterocycles. The molecule has 0 saturated heterocycles. The van der Waals surface area contributed by atoms with Crippen LogP contribution >= 0.6 is 0 Å². The topological polar surface area (TPSA) is 12.0 Å². The molecule has 0 radical (unpaired) electrons. The summed E-state index contributed by atoms with van der Waals surface area (Å²) in [5, 5.41) is 3.42. The summed E-state index contributed by atoms with van der Waals surface area (Å²) in [6, 6.07) is 0. The molecule has 2 heteroatoms. The van der Waals surface area contributed by atoms with Crippen molar-refractivity contribution in [1.82, 2.24) is 5.32 Å². The summed E-state index contributed by atoms with van der Waals surface area (Å²) < 4.78 is 14.3. The van der Waals surface area contributed by atoms with Gasteiger partial charge in [0.2, 0.25) is 0 Å². The van der Waals surface area contributed by atoms with E-state index in [-0.39, 0.29) is 0 Å². The average Bonchev–Trinajstić information content (AvgIpc) is 2.56. The summed E-state index contributed by atoms with van der Waals surface area (Å²) in [5.74, 6) is 3.97. The van der Waals surface area contributed by atoms with Crippen LogP contribution in [0.5, 0.6) is 0 Å². The molecule has 3 aliphatic rings. The number of rotatable bonds is 5. The van der Waals surface area contributed by atoms with Crippen molar-refractivity contribution in [3.8, 4) is 0 Å². The minimum atomic E-state index is -0.515. The Hall–Kier alpha value is -0.110. The molecule has 22 heavy (non-hydrogen) atoms. The third-order valence-electron chi connectivity index (χ3n) is 7.14. The minimum absolute atomic E-state index is 0.358. The van der Waals surface area contributed by atoms with Crippen LogP contribution in [0.4, 0.5) is 4.39 Å². The summed E-state index contributed by atoms with van der Waals surface area (Å²) in [5.41, 5.74) is 0. The Balaban J connectivity index is 1.58. The monoisotopic (exact) mass is 309 g/mol. The molecule has 3 saturated carbocycles. The number of fused-ring (bicyclic) bond motifs is 1. The first kappa shape index (κ1) is 16.7. The van der Waals surface area contributed by atoms with Gasteiger partial charge in [-0.1, -0.05) is 38.5 Å². The molecule has 5 unspecified atom stereocenters. The van der Waals surface area contributed by atoms with Crippen LogP contribution < -0.4 is 5.32 Å². The van der Waals surface area contributed by atoms with Crippen molar-refractivity contribution < 1.29 is 4.39 Å². The van der Waals surface area contributed by atoms with Crippen molar-refractivity contribution in [3.63, 3.8) is 0 Å². The zero-order chi connectivity index (χ0) is 15.4.